The molecule has 7 heteroatoms. The second-order valence-corrected chi connectivity index (χ2v) is 6.23. The number of hydrogen-bond donors (Lipinski definition) is 1. The third kappa shape index (κ3) is 3.55. The van der Waals surface area contributed by atoms with Crippen molar-refractivity contribution < 1.29 is 0 Å². The normalized spacial score (nSPS) is 19.9. The van der Waals surface area contributed by atoms with Gasteiger partial charge in [-0.2, -0.15) is 0 Å². The minimum atomic E-state index is 0. The molecular weight excluding hydrogens is 391 g/mol. The van der Waals surface area contributed by atoms with Crippen LogP contribution in [0.3, 0.4) is 0 Å². The highest BCUT2D eigenvalue weighted by atomic mass is 127. The van der Waals surface area contributed by atoms with Crippen LogP contribution in [-0.2, 0) is 13.1 Å². The molecule has 1 spiro atoms. The molecular formula is C15H27IN6. The van der Waals surface area contributed by atoms with Crippen molar-refractivity contribution in [3.8, 4) is 0 Å². The van der Waals surface area contributed by atoms with Gasteiger partial charge in [0.2, 0.25) is 0 Å². The van der Waals surface area contributed by atoms with Gasteiger partial charge in [-0.25, -0.2) is 4.99 Å². The Hall–Kier alpha value is -0.860. The van der Waals surface area contributed by atoms with Gasteiger partial charge in [0.15, 0.2) is 11.8 Å². The van der Waals surface area contributed by atoms with Crippen LogP contribution < -0.4 is 5.32 Å². The molecule has 6 nitrogen and oxygen atoms in total. The second kappa shape index (κ2) is 7.61. The minimum Gasteiger partial charge on any atom is -0.357 e. The Morgan fingerprint density at radius 3 is 2.77 bits per heavy atom. The first-order valence-electron chi connectivity index (χ1n) is 8.16. The van der Waals surface area contributed by atoms with E-state index in [1.165, 1.54) is 32.2 Å². The van der Waals surface area contributed by atoms with E-state index in [9.17, 15) is 0 Å². The number of halogens is 1. The van der Waals surface area contributed by atoms with Crippen LogP contribution in [0.1, 0.15) is 45.4 Å². The average Bonchev–Trinajstić information content (AvgIpc) is 3.09. The van der Waals surface area contributed by atoms with E-state index in [4.69, 9.17) is 4.99 Å². The Morgan fingerprint density at radius 1 is 1.36 bits per heavy atom. The molecule has 1 saturated carbocycles. The van der Waals surface area contributed by atoms with Crippen molar-refractivity contribution in [1.29, 1.82) is 0 Å². The third-order valence-electron chi connectivity index (χ3n) is 4.89. The molecule has 22 heavy (non-hydrogen) atoms. The predicted molar refractivity (Wildman–Crippen MR) is 98.4 cm³/mol. The molecule has 0 bridgehead atoms. The third-order valence-corrected chi connectivity index (χ3v) is 4.89. The number of nitrogens with zero attached hydrogens (tertiary/aromatic N) is 5. The van der Waals surface area contributed by atoms with Crippen molar-refractivity contribution in [2.75, 3.05) is 19.6 Å². The molecule has 124 valence electrons. The number of likely N-dealkylation sites (tertiary alicyclic amines) is 1. The van der Waals surface area contributed by atoms with Gasteiger partial charge in [0, 0.05) is 26.2 Å². The lowest BCUT2D eigenvalue weighted by atomic mass is 9.68. The number of aromatic nitrogens is 3. The lowest BCUT2D eigenvalue weighted by Gasteiger charge is -2.38. The SMILES string of the molecule is CCNC(=NCc1nncn1CC)N1CCC2(CCC2)C1.I. The maximum Gasteiger partial charge on any atom is 0.194 e. The summed E-state index contributed by atoms with van der Waals surface area (Å²) in [5, 5.41) is 11.6. The van der Waals surface area contributed by atoms with Crippen LogP contribution in [0.4, 0.5) is 0 Å². The van der Waals surface area contributed by atoms with Crippen molar-refractivity contribution in [1.82, 2.24) is 25.0 Å². The summed E-state index contributed by atoms with van der Waals surface area (Å²) in [7, 11) is 0. The molecule has 1 aromatic heterocycles. The number of nitrogens with one attached hydrogen (secondary N) is 1. The quantitative estimate of drug-likeness (QED) is 0.463. The largest absolute Gasteiger partial charge is 0.357 e. The second-order valence-electron chi connectivity index (χ2n) is 6.23. The van der Waals surface area contributed by atoms with Gasteiger partial charge < -0.3 is 14.8 Å². The zero-order chi connectivity index (χ0) is 14.7. The zero-order valence-electron chi connectivity index (χ0n) is 13.6. The highest BCUT2D eigenvalue weighted by Crippen LogP contribution is 2.47. The topological polar surface area (TPSA) is 58.3 Å². The van der Waals surface area contributed by atoms with Crippen LogP contribution in [0.15, 0.2) is 11.3 Å². The van der Waals surface area contributed by atoms with E-state index in [0.717, 1.165) is 31.4 Å². The molecule has 0 atom stereocenters. The Balaban J connectivity index is 0.00000176. The van der Waals surface area contributed by atoms with E-state index in [-0.39, 0.29) is 24.0 Å². The molecule has 3 rings (SSSR count). The van der Waals surface area contributed by atoms with Crippen LogP contribution in [0, 0.1) is 5.41 Å². The van der Waals surface area contributed by atoms with E-state index < -0.39 is 0 Å². The van der Waals surface area contributed by atoms with Crippen LogP contribution in [0.2, 0.25) is 0 Å². The molecule has 0 amide bonds. The van der Waals surface area contributed by atoms with Crippen LogP contribution in [0.25, 0.3) is 0 Å². The van der Waals surface area contributed by atoms with Crippen molar-refractivity contribution in [2.45, 2.75) is 52.6 Å². The average molecular weight is 418 g/mol. The summed E-state index contributed by atoms with van der Waals surface area (Å²) in [6, 6.07) is 0. The molecule has 1 aliphatic carbocycles. The summed E-state index contributed by atoms with van der Waals surface area (Å²) >= 11 is 0. The summed E-state index contributed by atoms with van der Waals surface area (Å²) in [5.74, 6) is 1.97. The summed E-state index contributed by atoms with van der Waals surface area (Å²) < 4.78 is 2.05. The lowest BCUT2D eigenvalue weighted by Crippen LogP contribution is -2.42. The molecule has 0 radical (unpaired) electrons. The monoisotopic (exact) mass is 418 g/mol. The Bertz CT molecular complexity index is 508. The van der Waals surface area contributed by atoms with E-state index in [1.807, 2.05) is 4.57 Å². The zero-order valence-corrected chi connectivity index (χ0v) is 15.9. The van der Waals surface area contributed by atoms with Crippen molar-refractivity contribution >= 4 is 29.9 Å². The van der Waals surface area contributed by atoms with Crippen LogP contribution in [0.5, 0.6) is 0 Å². The summed E-state index contributed by atoms with van der Waals surface area (Å²) in [6.07, 6.45) is 7.29. The van der Waals surface area contributed by atoms with Crippen LogP contribution in [-0.4, -0.2) is 45.3 Å². The highest BCUT2D eigenvalue weighted by Gasteiger charge is 2.43. The van der Waals surface area contributed by atoms with E-state index in [0.29, 0.717) is 12.0 Å². The molecule has 0 unspecified atom stereocenters. The van der Waals surface area contributed by atoms with Crippen molar-refractivity contribution in [2.24, 2.45) is 10.4 Å². The fraction of sp³-hybridized carbons (Fsp3) is 0.800. The fourth-order valence-corrected chi connectivity index (χ4v) is 3.44. The van der Waals surface area contributed by atoms with Gasteiger partial charge in [-0.05, 0) is 38.5 Å². The number of aliphatic imine (C=N–C) groups is 1. The molecule has 2 heterocycles. The number of aryl methyl sites for hydroxylation is 1. The van der Waals surface area contributed by atoms with Gasteiger partial charge in [0.05, 0.1) is 0 Å². The summed E-state index contributed by atoms with van der Waals surface area (Å²) in [6.45, 7) is 8.91. The van der Waals surface area contributed by atoms with E-state index in [1.54, 1.807) is 6.33 Å². The molecule has 1 aromatic rings. The maximum atomic E-state index is 4.78. The van der Waals surface area contributed by atoms with Gasteiger partial charge in [-0.15, -0.1) is 34.2 Å². The van der Waals surface area contributed by atoms with Gasteiger partial charge >= 0.3 is 0 Å². The first kappa shape index (κ1) is 17.5. The molecule has 2 aliphatic rings. The Kier molecular flexibility index (Phi) is 6.05. The molecule has 1 saturated heterocycles. The molecule has 2 fully saturated rings. The smallest absolute Gasteiger partial charge is 0.194 e. The first-order valence-corrected chi connectivity index (χ1v) is 8.16. The van der Waals surface area contributed by atoms with Gasteiger partial charge in [0.25, 0.3) is 0 Å². The first-order chi connectivity index (χ1) is 10.3. The van der Waals surface area contributed by atoms with Crippen molar-refractivity contribution in [3.05, 3.63) is 12.2 Å². The minimum absolute atomic E-state index is 0. The van der Waals surface area contributed by atoms with E-state index in [2.05, 4.69) is 34.3 Å². The van der Waals surface area contributed by atoms with Crippen LogP contribution >= 0.6 is 24.0 Å². The van der Waals surface area contributed by atoms with Gasteiger partial charge in [-0.1, -0.05) is 6.42 Å². The summed E-state index contributed by atoms with van der Waals surface area (Å²) in [5.41, 5.74) is 0.597. The number of rotatable bonds is 4. The Morgan fingerprint density at radius 2 is 2.18 bits per heavy atom. The Labute approximate surface area is 149 Å². The van der Waals surface area contributed by atoms with E-state index >= 15 is 0 Å². The number of hydrogen-bond acceptors (Lipinski definition) is 3. The van der Waals surface area contributed by atoms with Crippen molar-refractivity contribution in [3.63, 3.8) is 0 Å². The van der Waals surface area contributed by atoms with Gasteiger partial charge in [-0.3, -0.25) is 0 Å². The molecule has 1 aliphatic heterocycles. The number of guanidine groups is 1. The molecule has 1 N–H and O–H groups in total. The lowest BCUT2D eigenvalue weighted by molar-refractivity contribution is 0.151. The maximum absolute atomic E-state index is 4.78. The predicted octanol–water partition coefficient (Wildman–Crippen LogP) is 2.26. The fourth-order valence-electron chi connectivity index (χ4n) is 3.44. The summed E-state index contributed by atoms with van der Waals surface area (Å²) in [4.78, 5) is 7.20. The standard InChI is InChI=1S/C15H26N6.HI/c1-3-16-14(17-10-13-19-18-12-20(13)4-2)21-9-8-15(11-21)6-5-7-15;/h12H,3-11H2,1-2H3,(H,16,17);1H. The molecule has 0 aromatic carbocycles. The van der Waals surface area contributed by atoms with Gasteiger partial charge in [0.1, 0.15) is 12.9 Å². The highest BCUT2D eigenvalue weighted by molar-refractivity contribution is 14.0.